The van der Waals surface area contributed by atoms with E-state index in [1.807, 2.05) is 12.1 Å². The average molecular weight is 460 g/mol. The monoisotopic (exact) mass is 459 g/mol. The number of aromatic nitrogens is 2. The smallest absolute Gasteiger partial charge is 0.276 e. The summed E-state index contributed by atoms with van der Waals surface area (Å²) in [5, 5.41) is 11.6. The van der Waals surface area contributed by atoms with Gasteiger partial charge in [-0.1, -0.05) is 36.0 Å². The van der Waals surface area contributed by atoms with Gasteiger partial charge in [-0.25, -0.2) is 4.98 Å². The van der Waals surface area contributed by atoms with E-state index in [0.717, 1.165) is 19.3 Å². The van der Waals surface area contributed by atoms with Crippen molar-refractivity contribution in [3.05, 3.63) is 64.4 Å². The Bertz CT molecular complexity index is 1070. The van der Waals surface area contributed by atoms with Gasteiger partial charge < -0.3 is 19.7 Å². The number of nitrogens with one attached hydrogen (secondary N) is 1. The van der Waals surface area contributed by atoms with Gasteiger partial charge >= 0.3 is 0 Å². The van der Waals surface area contributed by atoms with Crippen LogP contribution in [0.2, 0.25) is 10.0 Å². The number of aliphatic hydroxyl groups is 1. The topological polar surface area (TPSA) is 78.5 Å². The molecule has 8 heteroatoms. The molecule has 2 aromatic carbocycles. The van der Waals surface area contributed by atoms with E-state index in [0.29, 0.717) is 45.0 Å². The Kier molecular flexibility index (Phi) is 6.51. The van der Waals surface area contributed by atoms with Crippen molar-refractivity contribution < 1.29 is 14.6 Å². The highest BCUT2D eigenvalue weighted by molar-refractivity contribution is 6.36. The first kappa shape index (κ1) is 21.7. The van der Waals surface area contributed by atoms with Crippen molar-refractivity contribution in [2.24, 2.45) is 0 Å². The summed E-state index contributed by atoms with van der Waals surface area (Å²) in [4.78, 5) is 22.7. The number of aliphatic hydroxyl groups excluding tert-OH is 1. The fraction of sp³-hybridized carbons (Fsp3) is 0.304. The lowest BCUT2D eigenvalue weighted by molar-refractivity contribution is 0.0818. The van der Waals surface area contributed by atoms with E-state index in [9.17, 15) is 9.90 Å². The number of hydrogen-bond donors (Lipinski definition) is 2. The van der Waals surface area contributed by atoms with E-state index < -0.39 is 6.10 Å². The molecule has 1 fully saturated rings. The Morgan fingerprint density at radius 1 is 1.16 bits per heavy atom. The summed E-state index contributed by atoms with van der Waals surface area (Å²) in [5.41, 5.74) is 1.66. The van der Waals surface area contributed by atoms with Crippen LogP contribution in [0.5, 0.6) is 5.75 Å². The van der Waals surface area contributed by atoms with Crippen LogP contribution < -0.4 is 9.64 Å². The molecule has 1 amide bonds. The summed E-state index contributed by atoms with van der Waals surface area (Å²) >= 11 is 12.3. The van der Waals surface area contributed by atoms with Gasteiger partial charge in [0, 0.05) is 16.3 Å². The zero-order valence-electron chi connectivity index (χ0n) is 17.0. The molecule has 0 radical (unpaired) electrons. The number of carbonyl (C=O) groups is 1. The molecule has 31 heavy (non-hydrogen) atoms. The molecule has 3 aromatic rings. The second-order valence-electron chi connectivity index (χ2n) is 7.56. The van der Waals surface area contributed by atoms with Gasteiger partial charge in [0.15, 0.2) is 0 Å². The largest absolute Gasteiger partial charge is 0.497 e. The number of hydrogen-bond acceptors (Lipinski definition) is 4. The molecule has 6 nitrogen and oxygen atoms in total. The molecule has 1 aliphatic rings. The van der Waals surface area contributed by atoms with Crippen LogP contribution in [0.25, 0.3) is 11.4 Å². The number of benzene rings is 2. The highest BCUT2D eigenvalue weighted by Crippen LogP contribution is 2.32. The van der Waals surface area contributed by atoms with Crippen molar-refractivity contribution in [3.63, 3.8) is 0 Å². The van der Waals surface area contributed by atoms with E-state index in [1.165, 1.54) is 6.20 Å². The number of halogens is 2. The zero-order chi connectivity index (χ0) is 22.0. The number of carbonyl (C=O) groups excluding carboxylic acids is 1. The molecule has 0 aliphatic heterocycles. The van der Waals surface area contributed by atoms with Crippen molar-refractivity contribution in [2.45, 2.75) is 37.8 Å². The summed E-state index contributed by atoms with van der Waals surface area (Å²) < 4.78 is 5.24. The number of aromatic amines is 1. The quantitative estimate of drug-likeness (QED) is 0.539. The van der Waals surface area contributed by atoms with Crippen LogP contribution >= 0.6 is 23.2 Å². The average Bonchev–Trinajstić information content (AvgIpc) is 3.25. The molecule has 0 saturated heterocycles. The minimum Gasteiger partial charge on any atom is -0.497 e. The van der Waals surface area contributed by atoms with Crippen molar-refractivity contribution in [1.82, 2.24) is 9.97 Å². The first-order valence-electron chi connectivity index (χ1n) is 10.1. The molecular weight excluding hydrogens is 437 g/mol. The number of ether oxygens (including phenoxy) is 1. The van der Waals surface area contributed by atoms with Crippen LogP contribution in [-0.2, 0) is 0 Å². The van der Waals surface area contributed by atoms with E-state index in [-0.39, 0.29) is 11.9 Å². The Labute approximate surface area is 190 Å². The number of amides is 1. The number of nitrogens with zero attached hydrogens (tertiary/aromatic N) is 2. The van der Waals surface area contributed by atoms with Crippen LogP contribution in [0, 0.1) is 0 Å². The van der Waals surface area contributed by atoms with Crippen molar-refractivity contribution in [1.29, 1.82) is 0 Å². The highest BCUT2D eigenvalue weighted by atomic mass is 35.5. The Balaban J connectivity index is 1.69. The third kappa shape index (κ3) is 4.56. The van der Waals surface area contributed by atoms with E-state index >= 15 is 0 Å². The van der Waals surface area contributed by atoms with Crippen molar-refractivity contribution in [3.8, 4) is 17.1 Å². The van der Waals surface area contributed by atoms with Crippen molar-refractivity contribution in [2.75, 3.05) is 12.0 Å². The molecule has 162 valence electrons. The SMILES string of the molecule is COc1ccc(N(C(=O)c2cnc(-c3ccc(Cl)cc3Cl)[nH]2)[C@@H]2CCCC[C@H]2O)cc1. The third-order valence-electron chi connectivity index (χ3n) is 5.59. The molecule has 1 aromatic heterocycles. The van der Waals surface area contributed by atoms with Gasteiger partial charge in [-0.2, -0.15) is 0 Å². The summed E-state index contributed by atoms with van der Waals surface area (Å²) in [6.07, 6.45) is 4.20. The number of methoxy groups -OCH3 is 1. The predicted octanol–water partition coefficient (Wildman–Crippen LogP) is 5.34. The molecule has 2 atom stereocenters. The summed E-state index contributed by atoms with van der Waals surface area (Å²) in [6, 6.07) is 12.0. The first-order valence-corrected chi connectivity index (χ1v) is 10.9. The predicted molar refractivity (Wildman–Crippen MR) is 122 cm³/mol. The van der Waals surface area contributed by atoms with Gasteiger partial charge in [-0.3, -0.25) is 4.79 Å². The maximum absolute atomic E-state index is 13.6. The molecule has 4 rings (SSSR count). The van der Waals surface area contributed by atoms with Crippen molar-refractivity contribution >= 4 is 34.8 Å². The second-order valence-corrected chi connectivity index (χ2v) is 8.41. The maximum Gasteiger partial charge on any atom is 0.276 e. The van der Waals surface area contributed by atoms with E-state index in [2.05, 4.69) is 9.97 Å². The minimum absolute atomic E-state index is 0.264. The molecule has 1 heterocycles. The normalized spacial score (nSPS) is 18.6. The summed E-state index contributed by atoms with van der Waals surface area (Å²) in [7, 11) is 1.59. The van der Waals surface area contributed by atoms with Gasteiger partial charge in [-0.05, 0) is 55.3 Å². The molecule has 0 spiro atoms. The zero-order valence-corrected chi connectivity index (χ0v) is 18.5. The number of anilines is 1. The summed E-state index contributed by atoms with van der Waals surface area (Å²) in [6.45, 7) is 0. The fourth-order valence-electron chi connectivity index (χ4n) is 3.97. The first-order chi connectivity index (χ1) is 15.0. The molecule has 0 bridgehead atoms. The number of rotatable bonds is 5. The highest BCUT2D eigenvalue weighted by Gasteiger charge is 2.34. The lowest BCUT2D eigenvalue weighted by Crippen LogP contribution is -2.49. The van der Waals surface area contributed by atoms with Gasteiger partial charge in [0.1, 0.15) is 17.3 Å². The molecule has 2 N–H and O–H groups in total. The molecule has 1 aliphatic carbocycles. The lowest BCUT2D eigenvalue weighted by atomic mass is 9.90. The van der Waals surface area contributed by atoms with Crippen LogP contribution in [0.15, 0.2) is 48.7 Å². The van der Waals surface area contributed by atoms with Crippen LogP contribution in [0.4, 0.5) is 5.69 Å². The minimum atomic E-state index is -0.590. The number of H-pyrrole nitrogens is 1. The third-order valence-corrected chi connectivity index (χ3v) is 6.14. The van der Waals surface area contributed by atoms with E-state index in [1.54, 1.807) is 42.3 Å². The van der Waals surface area contributed by atoms with Gasteiger partial charge in [0.25, 0.3) is 5.91 Å². The van der Waals surface area contributed by atoms with Crippen LogP contribution in [0.1, 0.15) is 36.2 Å². The van der Waals surface area contributed by atoms with Gasteiger partial charge in [0.2, 0.25) is 0 Å². The standard InChI is InChI=1S/C23H23Cl2N3O3/c1-31-16-9-7-15(8-10-16)28(20-4-2-3-5-21(20)29)23(30)19-13-26-22(27-19)17-11-6-14(24)12-18(17)25/h6-13,20-21,29H,2-5H2,1H3,(H,26,27)/t20-,21-/m1/s1. The van der Waals surface area contributed by atoms with Gasteiger partial charge in [-0.15, -0.1) is 0 Å². The Morgan fingerprint density at radius 2 is 1.90 bits per heavy atom. The summed E-state index contributed by atoms with van der Waals surface area (Å²) in [5.74, 6) is 0.908. The van der Waals surface area contributed by atoms with Crippen LogP contribution in [-0.4, -0.2) is 40.2 Å². The van der Waals surface area contributed by atoms with Gasteiger partial charge in [0.05, 0.1) is 30.5 Å². The lowest BCUT2D eigenvalue weighted by Gasteiger charge is -2.37. The fourth-order valence-corrected chi connectivity index (χ4v) is 4.47. The Morgan fingerprint density at radius 3 is 2.58 bits per heavy atom. The second kappa shape index (κ2) is 9.30. The molecule has 0 unspecified atom stereocenters. The number of imidazole rings is 1. The Hall–Kier alpha value is -2.54. The molecular formula is C23H23Cl2N3O3. The van der Waals surface area contributed by atoms with E-state index in [4.69, 9.17) is 27.9 Å². The molecule has 1 saturated carbocycles. The maximum atomic E-state index is 13.6. The van der Waals surface area contributed by atoms with Crippen LogP contribution in [0.3, 0.4) is 0 Å².